The van der Waals surface area contributed by atoms with E-state index in [1.165, 1.54) is 28.6 Å². The Balaban J connectivity index is 1.46. The SMILES string of the molecule is O=C(c1ccc(Oc2ccccc2)cc1)N(/N=C/c1ccc([N+](=O)[O-])s1)c1nc2ccc(Br)cc2s1. The van der Waals surface area contributed by atoms with E-state index in [-0.39, 0.29) is 5.00 Å². The fourth-order valence-corrected chi connectivity index (χ4v) is 5.36. The number of nitro groups is 1. The molecule has 8 nitrogen and oxygen atoms in total. The standard InChI is InChI=1S/C25H15BrN4O4S2/c26-17-8-12-21-22(14-17)36-25(28-21)29(27-15-20-11-13-23(35-20)30(32)33)24(31)16-6-9-19(10-7-16)34-18-4-2-1-3-5-18/h1-15H/b27-15+. The van der Waals surface area contributed by atoms with Crippen molar-refractivity contribution in [3.63, 3.8) is 0 Å². The van der Waals surface area contributed by atoms with Crippen LogP contribution in [0.5, 0.6) is 11.5 Å². The fourth-order valence-electron chi connectivity index (χ4n) is 3.20. The zero-order valence-corrected chi connectivity index (χ0v) is 21.5. The van der Waals surface area contributed by atoms with E-state index in [1.807, 2.05) is 48.5 Å². The van der Waals surface area contributed by atoms with Crippen molar-refractivity contribution in [2.45, 2.75) is 0 Å². The topological polar surface area (TPSA) is 97.9 Å². The zero-order valence-electron chi connectivity index (χ0n) is 18.3. The number of nitrogens with zero attached hydrogens (tertiary/aromatic N) is 4. The first-order valence-corrected chi connectivity index (χ1v) is 12.9. The third-order valence-electron chi connectivity index (χ3n) is 4.89. The number of benzene rings is 3. The van der Waals surface area contributed by atoms with E-state index in [1.54, 1.807) is 30.3 Å². The Morgan fingerprint density at radius 2 is 1.75 bits per heavy atom. The van der Waals surface area contributed by atoms with E-state index in [0.29, 0.717) is 27.1 Å². The van der Waals surface area contributed by atoms with Crippen LogP contribution in [0.1, 0.15) is 15.2 Å². The molecule has 2 heterocycles. The summed E-state index contributed by atoms with van der Waals surface area (Å²) in [6.07, 6.45) is 1.42. The van der Waals surface area contributed by atoms with Crippen molar-refractivity contribution >= 4 is 71.1 Å². The van der Waals surface area contributed by atoms with Gasteiger partial charge in [0.25, 0.3) is 5.91 Å². The lowest BCUT2D eigenvalue weighted by Crippen LogP contribution is -2.25. The number of thiazole rings is 1. The molecule has 2 aromatic heterocycles. The van der Waals surface area contributed by atoms with Crippen molar-refractivity contribution in [3.05, 3.63) is 110 Å². The molecule has 3 aromatic carbocycles. The Kier molecular flexibility index (Phi) is 6.85. The van der Waals surface area contributed by atoms with Crippen molar-refractivity contribution in [2.75, 3.05) is 5.01 Å². The molecule has 0 aliphatic rings. The molecular weight excluding hydrogens is 564 g/mol. The van der Waals surface area contributed by atoms with E-state index in [2.05, 4.69) is 26.0 Å². The second-order valence-electron chi connectivity index (χ2n) is 7.34. The molecule has 0 radical (unpaired) electrons. The summed E-state index contributed by atoms with van der Waals surface area (Å²) in [5.74, 6) is 0.874. The van der Waals surface area contributed by atoms with E-state index in [4.69, 9.17) is 4.74 Å². The number of hydrazone groups is 1. The minimum absolute atomic E-state index is 0.00633. The zero-order chi connectivity index (χ0) is 25.1. The van der Waals surface area contributed by atoms with Crippen molar-refractivity contribution in [1.29, 1.82) is 0 Å². The van der Waals surface area contributed by atoms with Crippen LogP contribution in [0.4, 0.5) is 10.1 Å². The van der Waals surface area contributed by atoms with Gasteiger partial charge >= 0.3 is 5.00 Å². The number of fused-ring (bicyclic) bond motifs is 1. The second-order valence-corrected chi connectivity index (χ2v) is 10.4. The number of ether oxygens (including phenoxy) is 1. The lowest BCUT2D eigenvalue weighted by atomic mass is 10.2. The van der Waals surface area contributed by atoms with Gasteiger partial charge in [0.15, 0.2) is 0 Å². The van der Waals surface area contributed by atoms with Crippen LogP contribution in [0.2, 0.25) is 0 Å². The molecule has 36 heavy (non-hydrogen) atoms. The van der Waals surface area contributed by atoms with Crippen LogP contribution in [0.25, 0.3) is 10.2 Å². The molecular formula is C25H15BrN4O4S2. The number of carbonyl (C=O) groups is 1. The van der Waals surface area contributed by atoms with Gasteiger partial charge in [-0.3, -0.25) is 14.9 Å². The largest absolute Gasteiger partial charge is 0.457 e. The van der Waals surface area contributed by atoms with Crippen molar-refractivity contribution < 1.29 is 14.5 Å². The Hall–Kier alpha value is -3.93. The minimum atomic E-state index is -0.463. The average molecular weight is 579 g/mol. The van der Waals surface area contributed by atoms with E-state index in [9.17, 15) is 14.9 Å². The van der Waals surface area contributed by atoms with Gasteiger partial charge in [-0.15, -0.1) is 0 Å². The summed E-state index contributed by atoms with van der Waals surface area (Å²) in [4.78, 5) is 29.2. The summed E-state index contributed by atoms with van der Waals surface area (Å²) in [7, 11) is 0. The van der Waals surface area contributed by atoms with Gasteiger partial charge in [-0.1, -0.05) is 56.8 Å². The maximum atomic E-state index is 13.5. The highest BCUT2D eigenvalue weighted by molar-refractivity contribution is 9.10. The predicted molar refractivity (Wildman–Crippen MR) is 146 cm³/mol. The molecule has 0 aliphatic heterocycles. The molecule has 0 aliphatic carbocycles. The van der Waals surface area contributed by atoms with Crippen LogP contribution >= 0.6 is 38.6 Å². The first-order chi connectivity index (χ1) is 17.5. The normalized spacial score (nSPS) is 11.1. The third kappa shape index (κ3) is 5.33. The number of amides is 1. The van der Waals surface area contributed by atoms with E-state index >= 15 is 0 Å². The van der Waals surface area contributed by atoms with Crippen LogP contribution in [0.3, 0.4) is 0 Å². The van der Waals surface area contributed by atoms with Crippen LogP contribution in [-0.2, 0) is 0 Å². The van der Waals surface area contributed by atoms with Crippen LogP contribution in [-0.4, -0.2) is 22.0 Å². The molecule has 5 rings (SSSR count). The molecule has 0 N–H and O–H groups in total. The van der Waals surface area contributed by atoms with Gasteiger partial charge in [-0.2, -0.15) is 10.1 Å². The molecule has 1 amide bonds. The number of thiophene rings is 1. The lowest BCUT2D eigenvalue weighted by Gasteiger charge is -2.14. The first kappa shape index (κ1) is 23.8. The number of rotatable bonds is 7. The fraction of sp³-hybridized carbons (Fsp3) is 0. The van der Waals surface area contributed by atoms with Crippen LogP contribution in [0.15, 0.2) is 94.5 Å². The van der Waals surface area contributed by atoms with E-state index in [0.717, 1.165) is 26.0 Å². The van der Waals surface area contributed by atoms with Crippen LogP contribution < -0.4 is 9.75 Å². The monoisotopic (exact) mass is 578 g/mol. The third-order valence-corrected chi connectivity index (χ3v) is 7.34. The van der Waals surface area contributed by atoms with Crippen LogP contribution in [0, 0.1) is 10.1 Å². The van der Waals surface area contributed by atoms with Gasteiger partial charge in [-0.25, -0.2) is 4.98 Å². The molecule has 0 bridgehead atoms. The number of hydrogen-bond donors (Lipinski definition) is 0. The predicted octanol–water partition coefficient (Wildman–Crippen LogP) is 7.50. The molecule has 5 aromatic rings. The molecule has 0 fully saturated rings. The summed E-state index contributed by atoms with van der Waals surface area (Å²) in [5, 5.41) is 17.0. The summed E-state index contributed by atoms with van der Waals surface area (Å²) >= 11 is 5.74. The number of para-hydroxylation sites is 1. The quantitative estimate of drug-likeness (QED) is 0.113. The highest BCUT2D eigenvalue weighted by Gasteiger charge is 2.22. The highest BCUT2D eigenvalue weighted by Crippen LogP contribution is 2.32. The van der Waals surface area contributed by atoms with Crippen molar-refractivity contribution in [3.8, 4) is 11.5 Å². The maximum Gasteiger partial charge on any atom is 0.324 e. The number of carbonyl (C=O) groups excluding carboxylic acids is 1. The maximum absolute atomic E-state index is 13.5. The lowest BCUT2D eigenvalue weighted by molar-refractivity contribution is -0.380. The average Bonchev–Trinajstić information content (AvgIpc) is 3.52. The molecule has 0 saturated heterocycles. The highest BCUT2D eigenvalue weighted by atomic mass is 79.9. The van der Waals surface area contributed by atoms with Gasteiger partial charge in [0, 0.05) is 16.1 Å². The molecule has 178 valence electrons. The smallest absolute Gasteiger partial charge is 0.324 e. The van der Waals surface area contributed by atoms with Gasteiger partial charge in [0.2, 0.25) is 5.13 Å². The number of hydrogen-bond acceptors (Lipinski definition) is 8. The van der Waals surface area contributed by atoms with Gasteiger partial charge < -0.3 is 4.74 Å². The van der Waals surface area contributed by atoms with Gasteiger partial charge in [-0.05, 0) is 60.7 Å². The number of aromatic nitrogens is 1. The van der Waals surface area contributed by atoms with Crippen molar-refractivity contribution in [1.82, 2.24) is 4.98 Å². The molecule has 0 spiro atoms. The minimum Gasteiger partial charge on any atom is -0.457 e. The first-order valence-electron chi connectivity index (χ1n) is 10.5. The van der Waals surface area contributed by atoms with Gasteiger partial charge in [0.1, 0.15) is 11.5 Å². The Bertz CT molecular complexity index is 1580. The molecule has 0 atom stereocenters. The summed E-state index contributed by atoms with van der Waals surface area (Å²) in [5.41, 5.74) is 1.11. The Labute approximate surface area is 221 Å². The summed E-state index contributed by atoms with van der Waals surface area (Å²) in [6, 6.07) is 24.7. The molecule has 0 saturated carbocycles. The molecule has 11 heteroatoms. The number of halogens is 1. The Morgan fingerprint density at radius 1 is 1.00 bits per heavy atom. The van der Waals surface area contributed by atoms with Gasteiger partial charge in [0.05, 0.1) is 26.2 Å². The molecule has 0 unspecified atom stereocenters. The Morgan fingerprint density at radius 3 is 2.47 bits per heavy atom. The number of anilines is 1. The van der Waals surface area contributed by atoms with Crippen molar-refractivity contribution in [2.24, 2.45) is 5.10 Å². The van der Waals surface area contributed by atoms with E-state index < -0.39 is 10.8 Å². The second kappa shape index (κ2) is 10.4. The summed E-state index contributed by atoms with van der Waals surface area (Å²) < 4.78 is 7.59. The summed E-state index contributed by atoms with van der Waals surface area (Å²) in [6.45, 7) is 0.